The van der Waals surface area contributed by atoms with Gasteiger partial charge in [0.2, 0.25) is 0 Å². The Labute approximate surface area is 108 Å². The molecule has 0 bridgehead atoms. The molecule has 3 nitrogen and oxygen atoms in total. The summed E-state index contributed by atoms with van der Waals surface area (Å²) in [5, 5.41) is 9.37. The van der Waals surface area contributed by atoms with Crippen LogP contribution < -0.4 is 0 Å². The second-order valence-corrected chi connectivity index (χ2v) is 5.74. The van der Waals surface area contributed by atoms with Gasteiger partial charge in [-0.25, -0.2) is 4.21 Å². The third-order valence-electron chi connectivity index (χ3n) is 2.98. The van der Waals surface area contributed by atoms with Crippen molar-refractivity contribution in [3.05, 3.63) is 0 Å². The van der Waals surface area contributed by atoms with Gasteiger partial charge in [0.1, 0.15) is 0 Å². The molecule has 0 fully saturated rings. The number of unbranched alkanes of at least 4 members (excludes halogenated alkanes) is 8. The van der Waals surface area contributed by atoms with Crippen LogP contribution in [0, 0.1) is 0 Å². The van der Waals surface area contributed by atoms with Crippen molar-refractivity contribution in [2.24, 2.45) is 0 Å². The first kappa shape index (κ1) is 17.1. The van der Waals surface area contributed by atoms with E-state index in [0.717, 1.165) is 12.8 Å². The van der Waals surface area contributed by atoms with E-state index in [1.54, 1.807) is 0 Å². The van der Waals surface area contributed by atoms with Gasteiger partial charge >= 0.3 is 0 Å². The van der Waals surface area contributed by atoms with E-state index in [0.29, 0.717) is 6.42 Å². The maximum atomic E-state index is 10.4. The molecule has 0 spiro atoms. The zero-order valence-electron chi connectivity index (χ0n) is 11.1. The van der Waals surface area contributed by atoms with Gasteiger partial charge in [-0.3, -0.25) is 0 Å². The number of hydrogen-bond donors (Lipinski definition) is 2. The van der Waals surface area contributed by atoms with Crippen molar-refractivity contribution >= 4 is 11.1 Å². The molecule has 0 aliphatic rings. The van der Waals surface area contributed by atoms with Crippen molar-refractivity contribution in [3.63, 3.8) is 0 Å². The molecular weight excluding hydrogens is 236 g/mol. The molecule has 0 amide bonds. The Morgan fingerprint density at radius 1 is 0.941 bits per heavy atom. The summed E-state index contributed by atoms with van der Waals surface area (Å²) in [4.78, 5) is 0. The highest BCUT2D eigenvalue weighted by molar-refractivity contribution is 7.79. The monoisotopic (exact) mass is 264 g/mol. The first-order chi connectivity index (χ1) is 8.16. The van der Waals surface area contributed by atoms with Crippen LogP contribution >= 0.6 is 0 Å². The Hall–Kier alpha value is 0.0700. The predicted octanol–water partition coefficient (Wildman–Crippen LogP) is 3.49. The van der Waals surface area contributed by atoms with Crippen LogP contribution in [-0.4, -0.2) is 25.7 Å². The summed E-state index contributed by atoms with van der Waals surface area (Å²) in [6, 6.07) is 0. The van der Waals surface area contributed by atoms with Gasteiger partial charge < -0.3 is 9.66 Å². The van der Waals surface area contributed by atoms with Gasteiger partial charge in [0.25, 0.3) is 0 Å². The predicted molar refractivity (Wildman–Crippen MR) is 73.5 cm³/mol. The SMILES string of the molecule is CCCCCCCCCCCC(O)CS(=O)O. The quantitative estimate of drug-likeness (QED) is 0.419. The fourth-order valence-corrected chi connectivity index (χ4v) is 2.43. The molecule has 2 unspecified atom stereocenters. The van der Waals surface area contributed by atoms with E-state index in [2.05, 4.69) is 6.92 Å². The van der Waals surface area contributed by atoms with Gasteiger partial charge in [-0.05, 0) is 6.42 Å². The fourth-order valence-electron chi connectivity index (χ4n) is 1.94. The zero-order valence-corrected chi connectivity index (χ0v) is 11.9. The molecule has 2 N–H and O–H groups in total. The largest absolute Gasteiger partial charge is 0.392 e. The van der Waals surface area contributed by atoms with Crippen LogP contribution in [0.15, 0.2) is 0 Å². The van der Waals surface area contributed by atoms with Crippen molar-refractivity contribution in [3.8, 4) is 0 Å². The van der Waals surface area contributed by atoms with Crippen LogP contribution in [0.1, 0.15) is 71.1 Å². The van der Waals surface area contributed by atoms with Gasteiger partial charge in [0, 0.05) is 0 Å². The number of aliphatic hydroxyl groups excluding tert-OH is 1. The minimum Gasteiger partial charge on any atom is -0.392 e. The minimum atomic E-state index is -1.86. The lowest BCUT2D eigenvalue weighted by Crippen LogP contribution is -2.15. The highest BCUT2D eigenvalue weighted by Gasteiger charge is 2.06. The van der Waals surface area contributed by atoms with Crippen molar-refractivity contribution < 1.29 is 13.9 Å². The summed E-state index contributed by atoms with van der Waals surface area (Å²) < 4.78 is 19.0. The molecule has 4 heteroatoms. The summed E-state index contributed by atoms with van der Waals surface area (Å²) in [6.07, 6.45) is 11.3. The number of hydrogen-bond acceptors (Lipinski definition) is 2. The lowest BCUT2D eigenvalue weighted by molar-refractivity contribution is 0.182. The van der Waals surface area contributed by atoms with Crippen molar-refractivity contribution in [1.29, 1.82) is 0 Å². The first-order valence-corrected chi connectivity index (χ1v) is 8.20. The van der Waals surface area contributed by atoms with E-state index in [-0.39, 0.29) is 5.75 Å². The molecule has 0 rings (SSSR count). The molecule has 0 heterocycles. The van der Waals surface area contributed by atoms with Crippen LogP contribution in [0.25, 0.3) is 0 Å². The summed E-state index contributed by atoms with van der Waals surface area (Å²) in [7, 11) is 0. The van der Waals surface area contributed by atoms with E-state index in [9.17, 15) is 9.32 Å². The zero-order chi connectivity index (χ0) is 12.9. The van der Waals surface area contributed by atoms with Gasteiger partial charge in [-0.2, -0.15) is 0 Å². The second-order valence-electron chi connectivity index (χ2n) is 4.76. The fraction of sp³-hybridized carbons (Fsp3) is 1.00. The van der Waals surface area contributed by atoms with Crippen LogP contribution in [0.5, 0.6) is 0 Å². The third kappa shape index (κ3) is 14.0. The first-order valence-electron chi connectivity index (χ1n) is 6.92. The molecule has 0 saturated carbocycles. The molecule has 0 radical (unpaired) electrons. The van der Waals surface area contributed by atoms with E-state index >= 15 is 0 Å². The number of rotatable bonds is 12. The van der Waals surface area contributed by atoms with Gasteiger partial charge in [-0.1, -0.05) is 64.7 Å². The van der Waals surface area contributed by atoms with Gasteiger partial charge in [0.05, 0.1) is 11.9 Å². The van der Waals surface area contributed by atoms with E-state index in [4.69, 9.17) is 4.55 Å². The van der Waals surface area contributed by atoms with Crippen LogP contribution in [-0.2, 0) is 11.1 Å². The van der Waals surface area contributed by atoms with E-state index in [1.165, 1.54) is 44.9 Å². The normalized spacial score (nSPS) is 14.8. The van der Waals surface area contributed by atoms with Crippen LogP contribution in [0.2, 0.25) is 0 Å². The third-order valence-corrected chi connectivity index (χ3v) is 3.65. The minimum absolute atomic E-state index is 0.00296. The number of aliphatic hydroxyl groups is 1. The molecule has 0 aliphatic carbocycles. The molecule has 0 aromatic rings. The Kier molecular flexibility index (Phi) is 12.6. The lowest BCUT2D eigenvalue weighted by atomic mass is 10.1. The molecule has 104 valence electrons. The lowest BCUT2D eigenvalue weighted by Gasteiger charge is -2.07. The molecule has 17 heavy (non-hydrogen) atoms. The summed E-state index contributed by atoms with van der Waals surface area (Å²) >= 11 is -1.86. The molecule has 0 saturated heterocycles. The molecular formula is C13H28O3S. The Bertz CT molecular complexity index is 186. The van der Waals surface area contributed by atoms with E-state index < -0.39 is 17.2 Å². The summed E-state index contributed by atoms with van der Waals surface area (Å²) in [5.41, 5.74) is 0. The Morgan fingerprint density at radius 2 is 1.41 bits per heavy atom. The summed E-state index contributed by atoms with van der Waals surface area (Å²) in [6.45, 7) is 2.23. The maximum Gasteiger partial charge on any atom is 0.155 e. The van der Waals surface area contributed by atoms with Gasteiger partial charge in [-0.15, -0.1) is 0 Å². The topological polar surface area (TPSA) is 57.5 Å². The van der Waals surface area contributed by atoms with Crippen molar-refractivity contribution in [2.45, 2.75) is 77.2 Å². The highest BCUT2D eigenvalue weighted by Crippen LogP contribution is 2.11. The molecule has 0 aliphatic heterocycles. The van der Waals surface area contributed by atoms with Crippen molar-refractivity contribution in [1.82, 2.24) is 0 Å². The summed E-state index contributed by atoms with van der Waals surface area (Å²) in [5.74, 6) is -0.00296. The average molecular weight is 264 g/mol. The average Bonchev–Trinajstić information content (AvgIpc) is 2.26. The smallest absolute Gasteiger partial charge is 0.155 e. The maximum absolute atomic E-state index is 10.4. The second kappa shape index (κ2) is 12.5. The standard InChI is InChI=1S/C13H28O3S/c1-2-3-4-5-6-7-8-9-10-11-13(14)12-17(15)16/h13-14H,2-12H2,1H3,(H,15,16). The Morgan fingerprint density at radius 3 is 1.88 bits per heavy atom. The van der Waals surface area contributed by atoms with Gasteiger partial charge in [0.15, 0.2) is 11.1 Å². The highest BCUT2D eigenvalue weighted by atomic mass is 32.2. The Balaban J connectivity index is 3.10. The molecule has 0 aromatic carbocycles. The van der Waals surface area contributed by atoms with Crippen molar-refractivity contribution in [2.75, 3.05) is 5.75 Å². The van der Waals surface area contributed by atoms with E-state index in [1.807, 2.05) is 0 Å². The molecule has 2 atom stereocenters. The molecule has 0 aromatic heterocycles. The van der Waals surface area contributed by atoms with Crippen LogP contribution in [0.3, 0.4) is 0 Å². The van der Waals surface area contributed by atoms with Crippen LogP contribution in [0.4, 0.5) is 0 Å².